The molecule has 0 saturated carbocycles. The van der Waals surface area contributed by atoms with Crippen molar-refractivity contribution in [2.45, 2.75) is 32.1 Å². The van der Waals surface area contributed by atoms with Crippen LogP contribution >= 0.6 is 0 Å². The molecule has 6 nitrogen and oxygen atoms in total. The molecule has 3 rings (SSSR count). The van der Waals surface area contributed by atoms with Crippen LogP contribution in [0.4, 0.5) is 0 Å². The average molecular weight is 345 g/mol. The Kier molecular flexibility index (Phi) is 5.68. The Bertz CT molecular complexity index is 607. The van der Waals surface area contributed by atoms with Crippen LogP contribution in [0.2, 0.25) is 0 Å². The zero-order valence-corrected chi connectivity index (χ0v) is 14.9. The molecule has 2 aliphatic heterocycles. The molecule has 1 aromatic rings. The van der Waals surface area contributed by atoms with Gasteiger partial charge in [-0.05, 0) is 37.8 Å². The monoisotopic (exact) mass is 345 g/mol. The van der Waals surface area contributed by atoms with Gasteiger partial charge in [-0.1, -0.05) is 6.07 Å². The van der Waals surface area contributed by atoms with E-state index in [0.717, 1.165) is 31.5 Å². The number of aromatic nitrogens is 1. The number of carbonyl (C=O) groups is 2. The maximum Gasteiger partial charge on any atom is 0.230 e. The van der Waals surface area contributed by atoms with Crippen molar-refractivity contribution in [1.82, 2.24) is 14.8 Å². The lowest BCUT2D eigenvalue weighted by Gasteiger charge is -2.39. The topological polar surface area (TPSA) is 62.7 Å². The van der Waals surface area contributed by atoms with Gasteiger partial charge in [-0.25, -0.2) is 0 Å². The fourth-order valence-corrected chi connectivity index (χ4v) is 3.97. The summed E-state index contributed by atoms with van der Waals surface area (Å²) in [7, 11) is 1.65. The number of pyridine rings is 1. The summed E-state index contributed by atoms with van der Waals surface area (Å²) in [5.41, 5.74) is 0.566. The third kappa shape index (κ3) is 4.00. The number of ether oxygens (including phenoxy) is 1. The van der Waals surface area contributed by atoms with Crippen molar-refractivity contribution in [3.63, 3.8) is 0 Å². The Hall–Kier alpha value is -1.95. The highest BCUT2D eigenvalue weighted by molar-refractivity contribution is 5.86. The van der Waals surface area contributed by atoms with Gasteiger partial charge in [-0.3, -0.25) is 14.6 Å². The number of hydrogen-bond acceptors (Lipinski definition) is 4. The number of likely N-dealkylation sites (tertiary alicyclic amines) is 2. The van der Waals surface area contributed by atoms with E-state index in [0.29, 0.717) is 39.1 Å². The van der Waals surface area contributed by atoms with Crippen molar-refractivity contribution in [1.29, 1.82) is 0 Å². The molecule has 2 amide bonds. The predicted molar refractivity (Wildman–Crippen MR) is 93.9 cm³/mol. The highest BCUT2D eigenvalue weighted by atomic mass is 16.5. The molecule has 0 aromatic carbocycles. The van der Waals surface area contributed by atoms with Gasteiger partial charge in [0.1, 0.15) is 0 Å². The summed E-state index contributed by atoms with van der Waals surface area (Å²) in [5.74, 6) is 0.333. The van der Waals surface area contributed by atoms with Gasteiger partial charge in [0.2, 0.25) is 11.8 Å². The molecule has 1 atom stereocenters. The molecule has 0 radical (unpaired) electrons. The zero-order valence-electron chi connectivity index (χ0n) is 14.9. The maximum atomic E-state index is 12.9. The van der Waals surface area contributed by atoms with Crippen molar-refractivity contribution >= 4 is 11.8 Å². The maximum absolute atomic E-state index is 12.9. The molecule has 136 valence electrons. The van der Waals surface area contributed by atoms with E-state index in [1.165, 1.54) is 0 Å². The van der Waals surface area contributed by atoms with Crippen LogP contribution in [0, 0.1) is 5.41 Å². The summed E-state index contributed by atoms with van der Waals surface area (Å²) in [5, 5.41) is 0. The van der Waals surface area contributed by atoms with Crippen LogP contribution in [0.1, 0.15) is 31.4 Å². The summed E-state index contributed by atoms with van der Waals surface area (Å²) >= 11 is 0. The van der Waals surface area contributed by atoms with Crippen LogP contribution in [0.25, 0.3) is 0 Å². The van der Waals surface area contributed by atoms with Crippen LogP contribution in [-0.2, 0) is 20.7 Å². The number of nitrogens with zero attached hydrogens (tertiary/aromatic N) is 3. The van der Waals surface area contributed by atoms with E-state index in [2.05, 4.69) is 4.98 Å². The highest BCUT2D eigenvalue weighted by Gasteiger charge is 2.49. The molecule has 0 bridgehead atoms. The Balaban J connectivity index is 1.56. The molecule has 25 heavy (non-hydrogen) atoms. The van der Waals surface area contributed by atoms with Crippen molar-refractivity contribution in [2.24, 2.45) is 5.41 Å². The fourth-order valence-electron chi connectivity index (χ4n) is 3.97. The van der Waals surface area contributed by atoms with Gasteiger partial charge < -0.3 is 14.5 Å². The third-order valence-corrected chi connectivity index (χ3v) is 5.42. The van der Waals surface area contributed by atoms with Crippen LogP contribution in [-0.4, -0.2) is 66.5 Å². The molecule has 2 aliphatic rings. The van der Waals surface area contributed by atoms with E-state index in [4.69, 9.17) is 4.74 Å². The van der Waals surface area contributed by atoms with Crippen molar-refractivity contribution < 1.29 is 14.3 Å². The van der Waals surface area contributed by atoms with Gasteiger partial charge in [0.25, 0.3) is 0 Å². The molecule has 6 heteroatoms. The van der Waals surface area contributed by atoms with Gasteiger partial charge in [0, 0.05) is 51.6 Å². The van der Waals surface area contributed by atoms with E-state index >= 15 is 0 Å². The molecular formula is C19H27N3O3. The minimum absolute atomic E-state index is 0.129. The summed E-state index contributed by atoms with van der Waals surface area (Å²) in [6.45, 7) is 3.26. The Morgan fingerprint density at radius 3 is 2.96 bits per heavy atom. The van der Waals surface area contributed by atoms with Gasteiger partial charge in [-0.15, -0.1) is 0 Å². The van der Waals surface area contributed by atoms with E-state index in [9.17, 15) is 9.59 Å². The first-order chi connectivity index (χ1) is 12.1. The first-order valence-corrected chi connectivity index (χ1v) is 9.11. The van der Waals surface area contributed by atoms with Crippen molar-refractivity contribution in [3.05, 3.63) is 30.1 Å². The number of aryl methyl sites for hydroxylation is 1. The average Bonchev–Trinajstić information content (AvgIpc) is 3.07. The first-order valence-electron chi connectivity index (χ1n) is 9.11. The van der Waals surface area contributed by atoms with Crippen molar-refractivity contribution in [2.75, 3.05) is 39.9 Å². The predicted octanol–water partition coefficient (Wildman–Crippen LogP) is 1.50. The number of rotatable bonds is 6. The summed E-state index contributed by atoms with van der Waals surface area (Å²) < 4.78 is 5.11. The van der Waals surface area contributed by atoms with E-state index in [1.807, 2.05) is 28.0 Å². The fraction of sp³-hybridized carbons (Fsp3) is 0.632. The number of amides is 2. The largest absolute Gasteiger partial charge is 0.383 e. The molecule has 0 N–H and O–H groups in total. The SMILES string of the molecule is COCCN1CCC[C@]2(CCN(C(=O)CCc3ccccn3)C2)C1=O. The van der Waals surface area contributed by atoms with Crippen LogP contribution in [0.5, 0.6) is 0 Å². The Morgan fingerprint density at radius 1 is 1.32 bits per heavy atom. The minimum Gasteiger partial charge on any atom is -0.383 e. The van der Waals surface area contributed by atoms with Gasteiger partial charge in [-0.2, -0.15) is 0 Å². The van der Waals surface area contributed by atoms with Crippen LogP contribution in [0.3, 0.4) is 0 Å². The third-order valence-electron chi connectivity index (χ3n) is 5.42. The second-order valence-corrected chi connectivity index (χ2v) is 7.06. The molecule has 0 aliphatic carbocycles. The number of methoxy groups -OCH3 is 1. The second kappa shape index (κ2) is 7.95. The number of hydrogen-bond donors (Lipinski definition) is 0. The first kappa shape index (κ1) is 17.9. The van der Waals surface area contributed by atoms with E-state index in [-0.39, 0.29) is 17.2 Å². The van der Waals surface area contributed by atoms with Crippen molar-refractivity contribution in [3.8, 4) is 0 Å². The summed E-state index contributed by atoms with van der Waals surface area (Å²) in [6.07, 6.45) is 5.53. The minimum atomic E-state index is -0.368. The lowest BCUT2D eigenvalue weighted by molar-refractivity contribution is -0.146. The second-order valence-electron chi connectivity index (χ2n) is 7.06. The normalized spacial score (nSPS) is 23.5. The summed E-state index contributed by atoms with van der Waals surface area (Å²) in [6, 6.07) is 5.75. The zero-order chi connectivity index (χ0) is 17.7. The molecule has 2 fully saturated rings. The molecule has 3 heterocycles. The quantitative estimate of drug-likeness (QED) is 0.784. The highest BCUT2D eigenvalue weighted by Crippen LogP contribution is 2.40. The molecule has 1 spiro atoms. The van der Waals surface area contributed by atoms with Gasteiger partial charge in [0.15, 0.2) is 0 Å². The lowest BCUT2D eigenvalue weighted by atomic mass is 9.78. The van der Waals surface area contributed by atoms with E-state index < -0.39 is 0 Å². The van der Waals surface area contributed by atoms with Crippen LogP contribution in [0.15, 0.2) is 24.4 Å². The number of piperidine rings is 1. The van der Waals surface area contributed by atoms with E-state index in [1.54, 1.807) is 13.3 Å². The standard InChI is InChI=1S/C19H27N3O3/c1-25-14-13-21-11-4-8-19(18(21)24)9-12-22(15-19)17(23)7-6-16-5-2-3-10-20-16/h2-3,5,10H,4,6-9,11-15H2,1H3/t19-/m1/s1. The Labute approximate surface area is 149 Å². The van der Waals surface area contributed by atoms with Gasteiger partial charge in [0.05, 0.1) is 12.0 Å². The molecule has 2 saturated heterocycles. The summed E-state index contributed by atoms with van der Waals surface area (Å²) in [4.78, 5) is 33.5. The molecular weight excluding hydrogens is 318 g/mol. The smallest absolute Gasteiger partial charge is 0.230 e. The Morgan fingerprint density at radius 2 is 2.20 bits per heavy atom. The molecule has 0 unspecified atom stereocenters. The van der Waals surface area contributed by atoms with Gasteiger partial charge >= 0.3 is 0 Å². The number of carbonyl (C=O) groups excluding carboxylic acids is 2. The lowest BCUT2D eigenvalue weighted by Crippen LogP contribution is -2.51. The van der Waals surface area contributed by atoms with Crippen LogP contribution < -0.4 is 0 Å². The molecule has 1 aromatic heterocycles.